The zero-order valence-electron chi connectivity index (χ0n) is 16.6. The molecule has 0 fully saturated rings. The summed E-state index contributed by atoms with van der Waals surface area (Å²) in [5.41, 5.74) is 3.78. The van der Waals surface area contributed by atoms with Gasteiger partial charge >= 0.3 is 0 Å². The fourth-order valence-corrected chi connectivity index (χ4v) is 3.38. The van der Waals surface area contributed by atoms with Gasteiger partial charge in [0.25, 0.3) is 5.91 Å². The summed E-state index contributed by atoms with van der Waals surface area (Å²) in [6.07, 6.45) is 0.211. The van der Waals surface area contributed by atoms with E-state index in [1.807, 2.05) is 51.1 Å². The number of amides is 2. The topological polar surface area (TPSA) is 58.6 Å². The van der Waals surface area contributed by atoms with E-state index in [9.17, 15) is 9.59 Å². The highest BCUT2D eigenvalue weighted by Crippen LogP contribution is 2.38. The van der Waals surface area contributed by atoms with Crippen LogP contribution in [0.5, 0.6) is 5.75 Å². The normalized spacial score (nSPS) is 15.1. The molecule has 2 aromatic rings. The molecule has 0 saturated carbocycles. The summed E-state index contributed by atoms with van der Waals surface area (Å²) in [7, 11) is 0. The molecule has 142 valence electrons. The van der Waals surface area contributed by atoms with Crippen LogP contribution in [0.4, 0.5) is 11.4 Å². The Morgan fingerprint density at radius 1 is 1.04 bits per heavy atom. The Morgan fingerprint density at radius 2 is 1.70 bits per heavy atom. The third-order valence-corrected chi connectivity index (χ3v) is 4.60. The van der Waals surface area contributed by atoms with E-state index in [1.54, 1.807) is 18.7 Å². The van der Waals surface area contributed by atoms with Gasteiger partial charge in [-0.2, -0.15) is 0 Å². The number of hydrogen-bond donors (Lipinski definition) is 1. The van der Waals surface area contributed by atoms with Crippen molar-refractivity contribution in [3.63, 3.8) is 0 Å². The van der Waals surface area contributed by atoms with Gasteiger partial charge in [0.2, 0.25) is 5.91 Å². The van der Waals surface area contributed by atoms with Crippen molar-refractivity contribution < 1.29 is 14.3 Å². The maximum Gasteiger partial charge on any atom is 0.270 e. The Labute approximate surface area is 160 Å². The minimum atomic E-state index is -0.952. The first-order valence-electron chi connectivity index (χ1n) is 9.15. The number of nitrogens with zero attached hydrogens (tertiary/aromatic N) is 1. The number of carbonyl (C=O) groups is 2. The lowest BCUT2D eigenvalue weighted by Crippen LogP contribution is -2.53. The predicted molar refractivity (Wildman–Crippen MR) is 107 cm³/mol. The van der Waals surface area contributed by atoms with Crippen molar-refractivity contribution in [2.24, 2.45) is 0 Å². The van der Waals surface area contributed by atoms with Crippen LogP contribution < -0.4 is 15.0 Å². The molecule has 5 heteroatoms. The highest BCUT2D eigenvalue weighted by atomic mass is 16.5. The molecule has 0 spiro atoms. The minimum Gasteiger partial charge on any atom is -0.476 e. The maximum atomic E-state index is 12.9. The average molecular weight is 366 g/mol. The highest BCUT2D eigenvalue weighted by molar-refractivity contribution is 6.03. The Bertz CT molecular complexity index is 882. The lowest BCUT2D eigenvalue weighted by Gasteiger charge is -2.38. The first kappa shape index (κ1) is 19.0. The molecule has 1 aliphatic rings. The summed E-state index contributed by atoms with van der Waals surface area (Å²) in [6, 6.07) is 11.7. The van der Waals surface area contributed by atoms with E-state index in [-0.39, 0.29) is 18.2 Å². The quantitative estimate of drug-likeness (QED) is 0.884. The number of rotatable bonds is 4. The van der Waals surface area contributed by atoms with Gasteiger partial charge in [0.05, 0.1) is 5.69 Å². The highest BCUT2D eigenvalue weighted by Gasteiger charge is 2.40. The zero-order chi connectivity index (χ0) is 19.8. The number of anilines is 2. The van der Waals surface area contributed by atoms with Crippen LogP contribution in [0.1, 0.15) is 37.0 Å². The van der Waals surface area contributed by atoms with Crippen molar-refractivity contribution in [1.29, 1.82) is 0 Å². The molecule has 1 N–H and O–H groups in total. The van der Waals surface area contributed by atoms with Gasteiger partial charge in [-0.1, -0.05) is 12.1 Å². The fourth-order valence-electron chi connectivity index (χ4n) is 3.38. The van der Waals surface area contributed by atoms with Crippen LogP contribution in [0.3, 0.4) is 0 Å². The van der Waals surface area contributed by atoms with Crippen molar-refractivity contribution in [3.8, 4) is 5.75 Å². The summed E-state index contributed by atoms with van der Waals surface area (Å²) in [5.74, 6) is 0.408. The van der Waals surface area contributed by atoms with Crippen LogP contribution in [-0.2, 0) is 9.59 Å². The molecular weight excluding hydrogens is 340 g/mol. The summed E-state index contributed by atoms with van der Waals surface area (Å²) in [5, 5.41) is 2.93. The largest absolute Gasteiger partial charge is 0.476 e. The first-order chi connectivity index (χ1) is 12.7. The van der Waals surface area contributed by atoms with Crippen LogP contribution in [0, 0.1) is 20.8 Å². The number of ether oxygens (including phenoxy) is 1. The van der Waals surface area contributed by atoms with Crippen LogP contribution >= 0.6 is 0 Å². The van der Waals surface area contributed by atoms with Crippen LogP contribution in [0.25, 0.3) is 0 Å². The molecule has 0 bridgehead atoms. The Morgan fingerprint density at radius 3 is 2.37 bits per heavy atom. The monoisotopic (exact) mass is 366 g/mol. The Hall–Kier alpha value is -2.82. The van der Waals surface area contributed by atoms with Gasteiger partial charge in [-0.05, 0) is 75.6 Å². The zero-order valence-corrected chi connectivity index (χ0v) is 16.6. The van der Waals surface area contributed by atoms with Crippen molar-refractivity contribution in [2.75, 3.05) is 16.8 Å². The summed E-state index contributed by atoms with van der Waals surface area (Å²) >= 11 is 0. The Kier molecular flexibility index (Phi) is 4.96. The van der Waals surface area contributed by atoms with Gasteiger partial charge in [0, 0.05) is 18.7 Å². The number of carbonyl (C=O) groups excluding carboxylic acids is 2. The van der Waals surface area contributed by atoms with E-state index in [4.69, 9.17) is 4.74 Å². The lowest BCUT2D eigenvalue weighted by atomic mass is 10.0. The van der Waals surface area contributed by atoms with Crippen molar-refractivity contribution in [2.45, 2.75) is 46.6 Å². The summed E-state index contributed by atoms with van der Waals surface area (Å²) < 4.78 is 5.85. The average Bonchev–Trinajstić information content (AvgIpc) is 2.55. The molecule has 5 nitrogen and oxygen atoms in total. The number of hydrogen-bond acceptors (Lipinski definition) is 3. The Balaban J connectivity index is 1.75. The second-order valence-electron chi connectivity index (χ2n) is 7.71. The van der Waals surface area contributed by atoms with Gasteiger partial charge in [-0.3, -0.25) is 9.59 Å². The van der Waals surface area contributed by atoms with Crippen LogP contribution in [0.2, 0.25) is 0 Å². The summed E-state index contributed by atoms with van der Waals surface area (Å²) in [6.45, 7) is 9.77. The van der Waals surface area contributed by atoms with Gasteiger partial charge in [0.15, 0.2) is 5.60 Å². The number of nitrogens with one attached hydrogen (secondary N) is 1. The molecule has 0 saturated heterocycles. The molecule has 0 radical (unpaired) electrons. The molecule has 0 aliphatic carbocycles. The molecule has 2 aromatic carbocycles. The van der Waals surface area contributed by atoms with Crippen LogP contribution in [-0.4, -0.2) is 24.0 Å². The second-order valence-corrected chi connectivity index (χ2v) is 7.71. The molecule has 0 unspecified atom stereocenters. The molecule has 1 heterocycles. The van der Waals surface area contributed by atoms with E-state index in [2.05, 4.69) is 11.4 Å². The SMILES string of the molecule is Cc1cc(C)cc(NC(=O)CCN2C(=O)C(C)(C)Oc3ccc(C)cc32)c1. The fraction of sp³-hybridized carbons (Fsp3) is 0.364. The predicted octanol–water partition coefficient (Wildman–Crippen LogP) is 4.14. The van der Waals surface area contributed by atoms with E-state index < -0.39 is 5.60 Å². The first-order valence-corrected chi connectivity index (χ1v) is 9.15. The van der Waals surface area contributed by atoms with Crippen LogP contribution in [0.15, 0.2) is 36.4 Å². The number of benzene rings is 2. The lowest BCUT2D eigenvalue weighted by molar-refractivity contribution is -0.132. The van der Waals surface area contributed by atoms with E-state index in [1.165, 1.54) is 0 Å². The maximum absolute atomic E-state index is 12.9. The van der Waals surface area contributed by atoms with E-state index >= 15 is 0 Å². The van der Waals surface area contributed by atoms with Gasteiger partial charge in [-0.15, -0.1) is 0 Å². The minimum absolute atomic E-state index is 0.119. The van der Waals surface area contributed by atoms with Crippen molar-refractivity contribution in [3.05, 3.63) is 53.1 Å². The third-order valence-electron chi connectivity index (χ3n) is 4.60. The molecule has 1 aliphatic heterocycles. The standard InChI is InChI=1S/C22H26N2O3/c1-14-6-7-19-18(13-14)24(21(26)22(4,5)27-19)9-8-20(25)23-17-11-15(2)10-16(3)12-17/h6-7,10-13H,8-9H2,1-5H3,(H,23,25). The molecular formula is C22H26N2O3. The number of fused-ring (bicyclic) bond motifs is 1. The number of aryl methyl sites for hydroxylation is 3. The summed E-state index contributed by atoms with van der Waals surface area (Å²) in [4.78, 5) is 27.0. The molecule has 3 rings (SSSR count). The molecule has 27 heavy (non-hydrogen) atoms. The second kappa shape index (κ2) is 7.06. The van der Waals surface area contributed by atoms with Crippen molar-refractivity contribution in [1.82, 2.24) is 0 Å². The third kappa shape index (κ3) is 4.13. The van der Waals surface area contributed by atoms with E-state index in [0.717, 1.165) is 28.1 Å². The van der Waals surface area contributed by atoms with Gasteiger partial charge in [-0.25, -0.2) is 0 Å². The van der Waals surface area contributed by atoms with Gasteiger partial charge < -0.3 is 15.0 Å². The van der Waals surface area contributed by atoms with E-state index in [0.29, 0.717) is 12.3 Å². The molecule has 0 atom stereocenters. The molecule has 0 aromatic heterocycles. The van der Waals surface area contributed by atoms with Gasteiger partial charge in [0.1, 0.15) is 5.75 Å². The van der Waals surface area contributed by atoms with Crippen molar-refractivity contribution >= 4 is 23.2 Å². The smallest absolute Gasteiger partial charge is 0.270 e. The molecule has 2 amide bonds.